The number of unbranched alkanes of at least 4 members (excludes halogenated alkanes) is 5. The number of ether oxygens (including phenoxy) is 1. The van der Waals surface area contributed by atoms with E-state index in [1.54, 1.807) is 16.7 Å². The lowest BCUT2D eigenvalue weighted by molar-refractivity contribution is -0.267. The Morgan fingerprint density at radius 2 is 1.44 bits per heavy atom. The number of hydrogen-bond acceptors (Lipinski definition) is 6. The van der Waals surface area contributed by atoms with Gasteiger partial charge in [0, 0.05) is 48.1 Å². The highest BCUT2D eigenvalue weighted by molar-refractivity contribution is 5.38. The van der Waals surface area contributed by atoms with Gasteiger partial charge in [0.2, 0.25) is 0 Å². The number of aromatic hydroxyl groups is 2. The zero-order valence-electron chi connectivity index (χ0n) is 20.6. The van der Waals surface area contributed by atoms with Crippen LogP contribution in [0.4, 0.5) is 0 Å². The van der Waals surface area contributed by atoms with E-state index in [2.05, 4.69) is 44.6 Å². The summed E-state index contributed by atoms with van der Waals surface area (Å²) in [6.45, 7) is 14.9. The fourth-order valence-electron chi connectivity index (χ4n) is 7.10. The van der Waals surface area contributed by atoms with Crippen LogP contribution in [-0.2, 0) is 15.2 Å². The lowest BCUT2D eigenvalue weighted by Gasteiger charge is -2.50. The monoisotopic (exact) mass is 449 g/mol. The second kappa shape index (κ2) is 8.82. The summed E-state index contributed by atoms with van der Waals surface area (Å²) in [4.78, 5) is 8.87. The van der Waals surface area contributed by atoms with E-state index in [4.69, 9.17) is 9.57 Å². The average molecular weight is 450 g/mol. The first kappa shape index (κ1) is 23.9. The van der Waals surface area contributed by atoms with E-state index in [0.717, 1.165) is 26.1 Å². The van der Waals surface area contributed by atoms with Gasteiger partial charge in [-0.3, -0.25) is 14.3 Å². The summed E-state index contributed by atoms with van der Waals surface area (Å²) in [5, 5.41) is 23.7. The molecule has 32 heavy (non-hydrogen) atoms. The number of hydrogen-bond donors (Lipinski definition) is 2. The van der Waals surface area contributed by atoms with Crippen molar-refractivity contribution in [1.29, 1.82) is 0 Å². The molecule has 0 aromatic carbocycles. The van der Waals surface area contributed by atoms with Crippen LogP contribution in [0.25, 0.3) is 0 Å². The first-order valence-corrected chi connectivity index (χ1v) is 12.6. The highest BCUT2D eigenvalue weighted by Crippen LogP contribution is 2.75. The SMILES string of the molecule is CCCCCCCCON1C(C)(C)C2C(C1(C)C)C2(N1CCOCC1)n1c(O)ccc1O. The topological polar surface area (TPSA) is 70.3 Å². The fourth-order valence-corrected chi connectivity index (χ4v) is 7.10. The Labute approximate surface area is 193 Å². The standard InChI is InChI=1S/C25H43N3O4/c1-6-7-8-9-10-11-16-32-28-23(2,3)21-22(24(28,4)5)25(21,26-14-17-31-18-15-26)27-19(29)12-13-20(27)30/h12-13,21-22,29-30H,6-11,14-18H2,1-5H3. The largest absolute Gasteiger partial charge is 0.494 e. The minimum Gasteiger partial charge on any atom is -0.494 e. The van der Waals surface area contributed by atoms with E-state index >= 15 is 0 Å². The maximum absolute atomic E-state index is 10.8. The molecule has 1 aromatic heterocycles. The van der Waals surface area contributed by atoms with Gasteiger partial charge in [-0.1, -0.05) is 39.0 Å². The van der Waals surface area contributed by atoms with E-state index < -0.39 is 5.66 Å². The molecule has 7 nitrogen and oxygen atoms in total. The lowest BCUT2D eigenvalue weighted by atomic mass is 9.93. The van der Waals surface area contributed by atoms with E-state index in [1.165, 1.54) is 32.1 Å². The van der Waals surface area contributed by atoms with Gasteiger partial charge in [-0.25, -0.2) is 0 Å². The molecular formula is C25H43N3O4. The Morgan fingerprint density at radius 3 is 2.00 bits per heavy atom. The maximum Gasteiger partial charge on any atom is 0.195 e. The van der Waals surface area contributed by atoms with Gasteiger partial charge in [0.05, 0.1) is 19.8 Å². The van der Waals surface area contributed by atoms with Gasteiger partial charge in [-0.15, -0.1) is 0 Å². The zero-order chi connectivity index (χ0) is 23.1. The highest BCUT2D eigenvalue weighted by atomic mass is 16.7. The summed E-state index contributed by atoms with van der Waals surface area (Å²) in [6, 6.07) is 3.19. The number of rotatable bonds is 10. The second-order valence-electron chi connectivity index (χ2n) is 10.9. The molecule has 0 amide bonds. The Morgan fingerprint density at radius 1 is 0.906 bits per heavy atom. The van der Waals surface area contributed by atoms with Crippen LogP contribution in [0, 0.1) is 11.8 Å². The predicted octanol–water partition coefficient (Wildman–Crippen LogP) is 4.30. The molecule has 4 rings (SSSR count). The van der Waals surface area contributed by atoms with Crippen molar-refractivity contribution in [3.63, 3.8) is 0 Å². The van der Waals surface area contributed by atoms with Gasteiger partial charge >= 0.3 is 0 Å². The van der Waals surface area contributed by atoms with Crippen LogP contribution < -0.4 is 0 Å². The van der Waals surface area contributed by atoms with Crippen molar-refractivity contribution in [2.75, 3.05) is 32.9 Å². The highest BCUT2D eigenvalue weighted by Gasteiger charge is 2.85. The van der Waals surface area contributed by atoms with Crippen molar-refractivity contribution in [2.24, 2.45) is 11.8 Å². The maximum atomic E-state index is 10.8. The molecule has 1 aromatic rings. The molecule has 1 aliphatic carbocycles. The van der Waals surface area contributed by atoms with Crippen LogP contribution in [0.3, 0.4) is 0 Å². The molecule has 0 spiro atoms. The number of aromatic nitrogens is 1. The summed E-state index contributed by atoms with van der Waals surface area (Å²) in [5.41, 5.74) is -0.982. The van der Waals surface area contributed by atoms with Crippen LogP contribution in [0.2, 0.25) is 0 Å². The summed E-state index contributed by atoms with van der Waals surface area (Å²) in [7, 11) is 0. The molecule has 3 heterocycles. The average Bonchev–Trinajstić information content (AvgIpc) is 3.32. The minimum atomic E-state index is -0.478. The Kier molecular flexibility index (Phi) is 6.58. The number of fused-ring (bicyclic) bond motifs is 1. The van der Waals surface area contributed by atoms with E-state index in [0.29, 0.717) is 13.2 Å². The van der Waals surface area contributed by atoms with Gasteiger partial charge < -0.3 is 14.9 Å². The molecule has 2 N–H and O–H groups in total. The summed E-state index contributed by atoms with van der Waals surface area (Å²) in [6.07, 6.45) is 7.47. The van der Waals surface area contributed by atoms with Gasteiger partial charge in [0.25, 0.3) is 0 Å². The van der Waals surface area contributed by atoms with Crippen LogP contribution in [0.5, 0.6) is 11.8 Å². The molecule has 182 valence electrons. The molecule has 0 bridgehead atoms. The van der Waals surface area contributed by atoms with Crippen LogP contribution in [0.1, 0.15) is 73.1 Å². The third-order valence-corrected chi connectivity index (χ3v) is 8.14. The fraction of sp³-hybridized carbons (Fsp3) is 0.840. The predicted molar refractivity (Wildman–Crippen MR) is 124 cm³/mol. The van der Waals surface area contributed by atoms with Gasteiger partial charge in [-0.2, -0.15) is 5.06 Å². The van der Waals surface area contributed by atoms with E-state index in [-0.39, 0.29) is 34.7 Å². The van der Waals surface area contributed by atoms with E-state index in [9.17, 15) is 10.2 Å². The first-order chi connectivity index (χ1) is 15.2. The van der Waals surface area contributed by atoms with Crippen molar-refractivity contribution >= 4 is 0 Å². The Bertz CT molecular complexity index is 743. The molecule has 2 atom stereocenters. The van der Waals surface area contributed by atoms with Crippen LogP contribution >= 0.6 is 0 Å². The van der Waals surface area contributed by atoms with Crippen LogP contribution in [-0.4, -0.2) is 68.7 Å². The summed E-state index contributed by atoms with van der Waals surface area (Å²) in [5.74, 6) is 0.651. The van der Waals surface area contributed by atoms with Gasteiger partial charge in [0.15, 0.2) is 11.8 Å². The molecule has 0 radical (unpaired) electrons. The zero-order valence-corrected chi connectivity index (χ0v) is 20.6. The quantitative estimate of drug-likeness (QED) is 0.519. The molecular weight excluding hydrogens is 406 g/mol. The third kappa shape index (κ3) is 3.56. The number of morpholine rings is 1. The number of nitrogens with zero attached hydrogens (tertiary/aromatic N) is 3. The second-order valence-corrected chi connectivity index (χ2v) is 10.9. The van der Waals surface area contributed by atoms with E-state index in [1.807, 2.05) is 0 Å². The van der Waals surface area contributed by atoms with Crippen molar-refractivity contribution < 1.29 is 19.8 Å². The molecule has 2 aliphatic heterocycles. The smallest absolute Gasteiger partial charge is 0.195 e. The molecule has 2 saturated heterocycles. The molecule has 3 fully saturated rings. The molecule has 7 heteroatoms. The van der Waals surface area contributed by atoms with Crippen LogP contribution in [0.15, 0.2) is 12.1 Å². The molecule has 2 unspecified atom stereocenters. The summed E-state index contributed by atoms with van der Waals surface area (Å²) >= 11 is 0. The third-order valence-electron chi connectivity index (χ3n) is 8.14. The van der Waals surface area contributed by atoms with Gasteiger partial charge in [-0.05, 0) is 34.1 Å². The van der Waals surface area contributed by atoms with Crippen molar-refractivity contribution in [2.45, 2.75) is 89.9 Å². The first-order valence-electron chi connectivity index (χ1n) is 12.6. The van der Waals surface area contributed by atoms with Crippen molar-refractivity contribution in [3.8, 4) is 11.8 Å². The Balaban J connectivity index is 1.55. The van der Waals surface area contributed by atoms with Gasteiger partial charge in [0.1, 0.15) is 5.66 Å². The molecule has 1 saturated carbocycles. The Hall–Kier alpha value is -1.28. The lowest BCUT2D eigenvalue weighted by Crippen LogP contribution is -2.61. The van der Waals surface area contributed by atoms with Crippen molar-refractivity contribution in [3.05, 3.63) is 12.1 Å². The molecule has 3 aliphatic rings. The normalized spacial score (nSPS) is 31.7. The minimum absolute atomic E-state index is 0.120. The number of piperidine rings is 1. The van der Waals surface area contributed by atoms with Crippen molar-refractivity contribution in [1.82, 2.24) is 14.5 Å². The number of hydroxylamine groups is 2. The summed E-state index contributed by atoms with van der Waals surface area (Å²) < 4.78 is 7.40.